The fourth-order valence-corrected chi connectivity index (χ4v) is 3.56. The van der Waals surface area contributed by atoms with Crippen LogP contribution in [0.2, 0.25) is 0 Å². The van der Waals surface area contributed by atoms with E-state index >= 15 is 0 Å². The van der Waals surface area contributed by atoms with Gasteiger partial charge in [-0.05, 0) is 37.1 Å². The van der Waals surface area contributed by atoms with Crippen molar-refractivity contribution in [2.45, 2.75) is 104 Å². The van der Waals surface area contributed by atoms with Crippen LogP contribution < -0.4 is 10.1 Å². The second-order valence-electron chi connectivity index (χ2n) is 8.63. The zero-order valence-corrected chi connectivity index (χ0v) is 19.6. The highest BCUT2D eigenvalue weighted by Crippen LogP contribution is 2.15. The topological polar surface area (TPSA) is 38.3 Å². The van der Waals surface area contributed by atoms with Crippen molar-refractivity contribution in [1.29, 1.82) is 0 Å². The lowest BCUT2D eigenvalue weighted by Crippen LogP contribution is -2.24. The first-order valence-electron chi connectivity index (χ1n) is 12.3. The quantitative estimate of drug-likeness (QED) is 0.184. The molecule has 0 aromatic heterocycles. The molecule has 1 aromatic carbocycles. The maximum absolute atomic E-state index is 12.3. The number of nitrogens with one attached hydrogen (secondary N) is 1. The molecule has 0 unspecified atom stereocenters. The Morgan fingerprint density at radius 3 is 1.93 bits per heavy atom. The van der Waals surface area contributed by atoms with Crippen LogP contribution in [0.25, 0.3) is 0 Å². The van der Waals surface area contributed by atoms with Crippen LogP contribution in [0.15, 0.2) is 36.4 Å². The van der Waals surface area contributed by atoms with Gasteiger partial charge < -0.3 is 10.1 Å². The Labute approximate surface area is 185 Å². The van der Waals surface area contributed by atoms with Crippen LogP contribution in [-0.4, -0.2) is 19.1 Å². The van der Waals surface area contributed by atoms with Crippen molar-refractivity contribution in [1.82, 2.24) is 5.32 Å². The fourth-order valence-electron chi connectivity index (χ4n) is 3.56. The van der Waals surface area contributed by atoms with Crippen molar-refractivity contribution in [2.75, 3.05) is 13.2 Å². The van der Waals surface area contributed by atoms with Crippen LogP contribution in [0.5, 0.6) is 5.75 Å². The number of amides is 1. The van der Waals surface area contributed by atoms with Gasteiger partial charge in [0.2, 0.25) is 0 Å². The molecule has 0 saturated heterocycles. The lowest BCUT2D eigenvalue weighted by molar-refractivity contribution is 0.0952. The number of unbranched alkanes of at least 4 members (excludes halogenated alkanes) is 13. The van der Waals surface area contributed by atoms with E-state index in [1.807, 2.05) is 25.1 Å². The van der Waals surface area contributed by atoms with Gasteiger partial charge in [0.25, 0.3) is 5.91 Å². The summed E-state index contributed by atoms with van der Waals surface area (Å²) >= 11 is 0. The molecule has 0 atom stereocenters. The Morgan fingerprint density at radius 2 is 1.40 bits per heavy atom. The molecule has 0 spiro atoms. The van der Waals surface area contributed by atoms with E-state index < -0.39 is 0 Å². The molecule has 0 saturated carbocycles. The number of hydrogen-bond donors (Lipinski definition) is 1. The van der Waals surface area contributed by atoms with Crippen LogP contribution in [-0.2, 0) is 0 Å². The average molecular weight is 416 g/mol. The first-order chi connectivity index (χ1) is 14.6. The number of hydrogen-bond acceptors (Lipinski definition) is 2. The van der Waals surface area contributed by atoms with Crippen molar-refractivity contribution >= 4 is 5.91 Å². The van der Waals surface area contributed by atoms with E-state index in [2.05, 4.69) is 18.8 Å². The van der Waals surface area contributed by atoms with Crippen LogP contribution in [0.1, 0.15) is 114 Å². The molecule has 1 amide bonds. The Morgan fingerprint density at radius 1 is 0.867 bits per heavy atom. The van der Waals surface area contributed by atoms with E-state index in [1.165, 1.54) is 83.5 Å². The number of rotatable bonds is 19. The van der Waals surface area contributed by atoms with E-state index in [4.69, 9.17) is 4.74 Å². The first kappa shape index (κ1) is 26.3. The minimum atomic E-state index is -0.0227. The van der Waals surface area contributed by atoms with Gasteiger partial charge in [-0.1, -0.05) is 103 Å². The predicted molar refractivity (Wildman–Crippen MR) is 129 cm³/mol. The fraction of sp³-hybridized carbons (Fsp3) is 0.667. The number of ether oxygens (including phenoxy) is 1. The zero-order chi connectivity index (χ0) is 21.9. The molecular weight excluding hydrogens is 370 g/mol. The van der Waals surface area contributed by atoms with E-state index in [-0.39, 0.29) is 5.91 Å². The van der Waals surface area contributed by atoms with E-state index in [0.717, 1.165) is 18.5 Å². The maximum Gasteiger partial charge on any atom is 0.251 e. The second-order valence-corrected chi connectivity index (χ2v) is 8.63. The second kappa shape index (κ2) is 18.0. The molecule has 0 aliphatic carbocycles. The third-order valence-electron chi connectivity index (χ3n) is 5.40. The minimum Gasteiger partial charge on any atom is -0.489 e. The van der Waals surface area contributed by atoms with Gasteiger partial charge in [0, 0.05) is 12.1 Å². The third kappa shape index (κ3) is 14.3. The Bertz CT molecular complexity index is 582. The summed E-state index contributed by atoms with van der Waals surface area (Å²) in [5, 5.41) is 3.02. The molecule has 0 fully saturated rings. The summed E-state index contributed by atoms with van der Waals surface area (Å²) in [6.07, 6.45) is 18.9. The Hall–Kier alpha value is -1.77. The highest BCUT2D eigenvalue weighted by Gasteiger charge is 2.06. The summed E-state index contributed by atoms with van der Waals surface area (Å²) in [6.45, 7) is 9.25. The maximum atomic E-state index is 12.3. The van der Waals surface area contributed by atoms with E-state index in [1.54, 1.807) is 6.07 Å². The largest absolute Gasteiger partial charge is 0.489 e. The first-order valence-corrected chi connectivity index (χ1v) is 12.3. The average Bonchev–Trinajstić information content (AvgIpc) is 2.75. The van der Waals surface area contributed by atoms with Gasteiger partial charge in [-0.3, -0.25) is 4.79 Å². The highest BCUT2D eigenvalue weighted by molar-refractivity contribution is 5.94. The summed E-state index contributed by atoms with van der Waals surface area (Å²) < 4.78 is 5.61. The van der Waals surface area contributed by atoms with Gasteiger partial charge in [-0.25, -0.2) is 0 Å². The lowest BCUT2D eigenvalue weighted by atomic mass is 10.0. The van der Waals surface area contributed by atoms with Crippen molar-refractivity contribution < 1.29 is 9.53 Å². The van der Waals surface area contributed by atoms with Crippen molar-refractivity contribution in [2.24, 2.45) is 0 Å². The predicted octanol–water partition coefficient (Wildman–Crippen LogP) is 7.85. The molecular formula is C27H45NO2. The molecule has 1 rings (SSSR count). The molecule has 30 heavy (non-hydrogen) atoms. The zero-order valence-electron chi connectivity index (χ0n) is 19.6. The Balaban J connectivity index is 1.96. The van der Waals surface area contributed by atoms with Crippen LogP contribution in [0.3, 0.4) is 0 Å². The molecule has 1 N–H and O–H groups in total. The minimum absolute atomic E-state index is 0.0227. The summed E-state index contributed by atoms with van der Waals surface area (Å²) in [5.74, 6) is 0.688. The van der Waals surface area contributed by atoms with Gasteiger partial charge in [0.05, 0.1) is 0 Å². The molecule has 0 bridgehead atoms. The molecule has 3 nitrogen and oxygen atoms in total. The summed E-state index contributed by atoms with van der Waals surface area (Å²) in [5.41, 5.74) is 1.61. The lowest BCUT2D eigenvalue weighted by Gasteiger charge is -2.09. The third-order valence-corrected chi connectivity index (χ3v) is 5.40. The highest BCUT2D eigenvalue weighted by atomic mass is 16.5. The summed E-state index contributed by atoms with van der Waals surface area (Å²) in [7, 11) is 0. The van der Waals surface area contributed by atoms with Gasteiger partial charge in [-0.2, -0.15) is 0 Å². The van der Waals surface area contributed by atoms with Crippen molar-refractivity contribution in [3.63, 3.8) is 0 Å². The van der Waals surface area contributed by atoms with Gasteiger partial charge >= 0.3 is 0 Å². The smallest absolute Gasteiger partial charge is 0.251 e. The molecule has 0 aliphatic heterocycles. The van der Waals surface area contributed by atoms with Crippen LogP contribution in [0, 0.1) is 0 Å². The van der Waals surface area contributed by atoms with E-state index in [9.17, 15) is 4.79 Å². The molecule has 1 aromatic rings. The van der Waals surface area contributed by atoms with Crippen LogP contribution >= 0.6 is 0 Å². The molecule has 0 radical (unpaired) electrons. The molecule has 3 heteroatoms. The van der Waals surface area contributed by atoms with Crippen molar-refractivity contribution in [3.8, 4) is 5.75 Å². The van der Waals surface area contributed by atoms with Gasteiger partial charge in [0.1, 0.15) is 12.4 Å². The number of carbonyl (C=O) groups is 1. The molecule has 0 heterocycles. The van der Waals surface area contributed by atoms with Crippen LogP contribution in [0.4, 0.5) is 0 Å². The summed E-state index contributed by atoms with van der Waals surface area (Å²) in [4.78, 5) is 12.3. The Kier molecular flexibility index (Phi) is 15.8. The number of benzene rings is 1. The summed E-state index contributed by atoms with van der Waals surface area (Å²) in [6, 6.07) is 7.35. The molecule has 170 valence electrons. The van der Waals surface area contributed by atoms with Gasteiger partial charge in [-0.15, -0.1) is 0 Å². The standard InChI is InChI=1S/C27H45NO2/c1-4-5-6-7-8-9-10-11-12-13-14-15-16-17-21-28-27(29)25-19-18-20-26(22-25)30-23-24(2)3/h18-20,22H,2,4-17,21,23H2,1,3H3,(H,28,29). The van der Waals surface area contributed by atoms with Crippen molar-refractivity contribution in [3.05, 3.63) is 42.0 Å². The normalized spacial score (nSPS) is 10.7. The van der Waals surface area contributed by atoms with Gasteiger partial charge in [0.15, 0.2) is 0 Å². The number of carbonyl (C=O) groups excluding carboxylic acids is 1. The SMILES string of the molecule is C=C(C)COc1cccc(C(=O)NCCCCCCCCCCCCCCCC)c1. The monoisotopic (exact) mass is 415 g/mol. The molecule has 0 aliphatic rings. The van der Waals surface area contributed by atoms with E-state index in [0.29, 0.717) is 17.9 Å².